The van der Waals surface area contributed by atoms with E-state index < -0.39 is 4.92 Å². The van der Waals surface area contributed by atoms with Crippen LogP contribution in [0.15, 0.2) is 17.5 Å². The van der Waals surface area contributed by atoms with E-state index >= 15 is 0 Å². The van der Waals surface area contributed by atoms with Gasteiger partial charge in [0.1, 0.15) is 5.69 Å². The van der Waals surface area contributed by atoms with Gasteiger partial charge < -0.3 is 5.32 Å². The molecule has 0 radical (unpaired) electrons. The number of hydrogen-bond donors (Lipinski definition) is 1. The van der Waals surface area contributed by atoms with Crippen molar-refractivity contribution in [3.63, 3.8) is 0 Å². The average molecular weight is 332 g/mol. The van der Waals surface area contributed by atoms with Gasteiger partial charge in [0.05, 0.1) is 25.7 Å². The zero-order valence-corrected chi connectivity index (χ0v) is 12.8. The van der Waals surface area contributed by atoms with Crippen molar-refractivity contribution in [1.82, 2.24) is 4.98 Å². The van der Waals surface area contributed by atoms with E-state index in [0.29, 0.717) is 18.7 Å². The van der Waals surface area contributed by atoms with E-state index in [9.17, 15) is 10.1 Å². The lowest BCUT2D eigenvalue weighted by Gasteiger charge is -2.07. The zero-order chi connectivity index (χ0) is 14.7. The highest BCUT2D eigenvalue weighted by molar-refractivity contribution is 7.09. The Labute approximate surface area is 129 Å². The van der Waals surface area contributed by atoms with Gasteiger partial charge in [0.15, 0.2) is 0 Å². The molecule has 0 aliphatic carbocycles. The van der Waals surface area contributed by atoms with Crippen molar-refractivity contribution in [2.24, 2.45) is 0 Å². The van der Waals surface area contributed by atoms with Crippen molar-refractivity contribution in [1.29, 1.82) is 0 Å². The Morgan fingerprint density at radius 1 is 1.40 bits per heavy atom. The Morgan fingerprint density at radius 2 is 2.10 bits per heavy atom. The molecule has 0 fully saturated rings. The minimum atomic E-state index is -0.489. The molecule has 0 atom stereocenters. The van der Waals surface area contributed by atoms with Crippen LogP contribution in [-0.4, -0.2) is 16.5 Å². The van der Waals surface area contributed by atoms with E-state index in [0.717, 1.165) is 10.7 Å². The van der Waals surface area contributed by atoms with Crippen LogP contribution in [0.25, 0.3) is 0 Å². The Balaban J connectivity index is 2.08. The number of aryl methyl sites for hydroxylation is 1. The highest BCUT2D eigenvalue weighted by Crippen LogP contribution is 2.33. The van der Waals surface area contributed by atoms with Gasteiger partial charge >= 0.3 is 0 Å². The minimum Gasteiger partial charge on any atom is -0.379 e. The molecule has 0 aliphatic rings. The van der Waals surface area contributed by atoms with Gasteiger partial charge in [-0.25, -0.2) is 4.98 Å². The van der Waals surface area contributed by atoms with Crippen molar-refractivity contribution < 1.29 is 4.92 Å². The number of aromatic nitrogens is 1. The molecule has 0 saturated carbocycles. The Hall–Kier alpha value is -1.37. The third-order valence-electron chi connectivity index (χ3n) is 2.60. The van der Waals surface area contributed by atoms with Crippen LogP contribution in [0.3, 0.4) is 0 Å². The summed E-state index contributed by atoms with van der Waals surface area (Å²) in [5.41, 5.74) is 1.23. The Bertz CT molecular complexity index is 646. The van der Waals surface area contributed by atoms with E-state index in [4.69, 9.17) is 23.2 Å². The second kappa shape index (κ2) is 6.39. The summed E-state index contributed by atoms with van der Waals surface area (Å²) in [7, 11) is 0. The van der Waals surface area contributed by atoms with Gasteiger partial charge in [-0.2, -0.15) is 0 Å². The molecular formula is C12H11Cl2N3O2S. The maximum atomic E-state index is 11.0. The van der Waals surface area contributed by atoms with Crippen molar-refractivity contribution in [2.45, 2.75) is 13.3 Å². The number of halogens is 2. The second-order valence-corrected chi connectivity index (χ2v) is 5.95. The molecule has 0 spiro atoms. The SMILES string of the molecule is Cc1nc(CCNc2cc(Cl)c(Cl)cc2[N+](=O)[O-])cs1. The van der Waals surface area contributed by atoms with Gasteiger partial charge in [-0.1, -0.05) is 23.2 Å². The summed E-state index contributed by atoms with van der Waals surface area (Å²) >= 11 is 13.3. The van der Waals surface area contributed by atoms with Crippen molar-refractivity contribution in [3.8, 4) is 0 Å². The van der Waals surface area contributed by atoms with Gasteiger partial charge in [0, 0.05) is 24.4 Å². The fourth-order valence-corrected chi connectivity index (χ4v) is 2.65. The fraction of sp³-hybridized carbons (Fsp3) is 0.250. The van der Waals surface area contributed by atoms with Gasteiger partial charge in [-0.15, -0.1) is 11.3 Å². The monoisotopic (exact) mass is 331 g/mol. The van der Waals surface area contributed by atoms with E-state index in [1.807, 2.05) is 12.3 Å². The first-order chi connectivity index (χ1) is 9.47. The zero-order valence-electron chi connectivity index (χ0n) is 10.5. The number of nitrogens with one attached hydrogen (secondary N) is 1. The normalized spacial score (nSPS) is 10.6. The highest BCUT2D eigenvalue weighted by Gasteiger charge is 2.16. The van der Waals surface area contributed by atoms with Gasteiger partial charge in [0.25, 0.3) is 5.69 Å². The van der Waals surface area contributed by atoms with Gasteiger partial charge in [-0.05, 0) is 13.0 Å². The predicted octanol–water partition coefficient (Wildman–Crippen LogP) is 4.32. The molecule has 0 amide bonds. The largest absolute Gasteiger partial charge is 0.379 e. The van der Waals surface area contributed by atoms with Crippen LogP contribution in [0.5, 0.6) is 0 Å². The molecular weight excluding hydrogens is 321 g/mol. The smallest absolute Gasteiger partial charge is 0.293 e. The van der Waals surface area contributed by atoms with E-state index in [2.05, 4.69) is 10.3 Å². The summed E-state index contributed by atoms with van der Waals surface area (Å²) in [6.07, 6.45) is 0.682. The molecule has 2 rings (SSSR count). The number of nitro groups is 1. The first kappa shape index (κ1) is 15.0. The molecule has 106 valence electrons. The number of hydrogen-bond acceptors (Lipinski definition) is 5. The average Bonchev–Trinajstić information content (AvgIpc) is 2.79. The summed E-state index contributed by atoms with van der Waals surface area (Å²) in [4.78, 5) is 14.8. The van der Waals surface area contributed by atoms with Crippen molar-refractivity contribution in [3.05, 3.63) is 48.4 Å². The summed E-state index contributed by atoms with van der Waals surface area (Å²) < 4.78 is 0. The number of benzene rings is 1. The standard InChI is InChI=1S/C12H11Cl2N3O2S/c1-7-16-8(6-20-7)2-3-15-11-4-9(13)10(14)5-12(11)17(18)19/h4-6,15H,2-3H2,1H3. The lowest BCUT2D eigenvalue weighted by molar-refractivity contribution is -0.383. The molecule has 0 unspecified atom stereocenters. The summed E-state index contributed by atoms with van der Waals surface area (Å²) in [6, 6.07) is 2.72. The summed E-state index contributed by atoms with van der Waals surface area (Å²) in [5.74, 6) is 0. The second-order valence-electron chi connectivity index (χ2n) is 4.08. The first-order valence-electron chi connectivity index (χ1n) is 5.75. The Morgan fingerprint density at radius 3 is 2.70 bits per heavy atom. The molecule has 1 heterocycles. The quantitative estimate of drug-likeness (QED) is 0.654. The number of rotatable bonds is 5. The van der Waals surface area contributed by atoms with E-state index in [1.165, 1.54) is 12.1 Å². The van der Waals surface area contributed by atoms with Crippen LogP contribution in [-0.2, 0) is 6.42 Å². The third kappa shape index (κ3) is 3.59. The number of nitro benzene ring substituents is 1. The van der Waals surface area contributed by atoms with E-state index in [1.54, 1.807) is 11.3 Å². The molecule has 1 aromatic carbocycles. The van der Waals surface area contributed by atoms with Gasteiger partial charge in [0.2, 0.25) is 0 Å². The fourth-order valence-electron chi connectivity index (χ4n) is 1.68. The number of nitrogens with zero attached hydrogens (tertiary/aromatic N) is 2. The molecule has 2 aromatic rings. The lowest BCUT2D eigenvalue weighted by atomic mass is 10.2. The lowest BCUT2D eigenvalue weighted by Crippen LogP contribution is -2.07. The van der Waals surface area contributed by atoms with Crippen LogP contribution >= 0.6 is 34.5 Å². The molecule has 0 saturated heterocycles. The molecule has 0 bridgehead atoms. The van der Waals surface area contributed by atoms with Crippen LogP contribution in [0.4, 0.5) is 11.4 Å². The van der Waals surface area contributed by atoms with Crippen molar-refractivity contribution in [2.75, 3.05) is 11.9 Å². The van der Waals surface area contributed by atoms with Crippen LogP contribution < -0.4 is 5.32 Å². The van der Waals surface area contributed by atoms with E-state index in [-0.39, 0.29) is 15.7 Å². The topological polar surface area (TPSA) is 68.1 Å². The van der Waals surface area contributed by atoms with Crippen LogP contribution in [0, 0.1) is 17.0 Å². The Kier molecular flexibility index (Phi) is 4.80. The highest BCUT2D eigenvalue weighted by atomic mass is 35.5. The summed E-state index contributed by atoms with van der Waals surface area (Å²) in [6.45, 7) is 2.47. The molecule has 0 aliphatic heterocycles. The van der Waals surface area contributed by atoms with Crippen molar-refractivity contribution >= 4 is 45.9 Å². The first-order valence-corrected chi connectivity index (χ1v) is 7.39. The predicted molar refractivity (Wildman–Crippen MR) is 82.2 cm³/mol. The molecule has 20 heavy (non-hydrogen) atoms. The maximum absolute atomic E-state index is 11.0. The molecule has 1 aromatic heterocycles. The van der Waals surface area contributed by atoms with Crippen LogP contribution in [0.2, 0.25) is 10.0 Å². The summed E-state index contributed by atoms with van der Waals surface area (Å²) in [5, 5.41) is 17.4. The molecule has 5 nitrogen and oxygen atoms in total. The van der Waals surface area contributed by atoms with Crippen LogP contribution in [0.1, 0.15) is 10.7 Å². The maximum Gasteiger partial charge on any atom is 0.293 e. The molecule has 8 heteroatoms. The number of anilines is 1. The molecule has 1 N–H and O–H groups in total. The number of thiazole rings is 1. The minimum absolute atomic E-state index is 0.0890. The third-order valence-corrected chi connectivity index (χ3v) is 4.14. The van der Waals surface area contributed by atoms with Gasteiger partial charge in [-0.3, -0.25) is 10.1 Å².